The molecule has 0 aliphatic carbocycles. The average Bonchev–Trinajstić information content (AvgIpc) is 2.71. The van der Waals surface area contributed by atoms with Crippen molar-refractivity contribution in [1.82, 2.24) is 9.80 Å². The van der Waals surface area contributed by atoms with Crippen molar-refractivity contribution in [3.05, 3.63) is 35.2 Å². The van der Waals surface area contributed by atoms with Crippen LogP contribution in [-0.4, -0.2) is 77.7 Å². The number of halogens is 6. The molecule has 1 N–H and O–H groups in total. The zero-order chi connectivity index (χ0) is 25.0. The molecule has 0 aromatic heterocycles. The molecule has 1 fully saturated rings. The quantitative estimate of drug-likeness (QED) is 0.489. The second-order valence-electron chi connectivity index (χ2n) is 7.11. The lowest BCUT2D eigenvalue weighted by atomic mass is 10.1. The Balaban J connectivity index is 2.02. The van der Waals surface area contributed by atoms with Gasteiger partial charge in [0.15, 0.2) is 11.8 Å². The van der Waals surface area contributed by atoms with E-state index in [9.17, 15) is 35.9 Å². The van der Waals surface area contributed by atoms with E-state index in [2.05, 4.69) is 9.58 Å². The zero-order valence-electron chi connectivity index (χ0n) is 17.1. The Bertz CT molecular complexity index is 893. The summed E-state index contributed by atoms with van der Waals surface area (Å²) < 4.78 is 84.6. The summed E-state index contributed by atoms with van der Waals surface area (Å²) in [4.78, 5) is 28.7. The lowest BCUT2D eigenvalue weighted by molar-refractivity contribution is -0.308. The van der Waals surface area contributed by atoms with E-state index in [0.29, 0.717) is 5.56 Å². The molecule has 1 aliphatic rings. The second-order valence-corrected chi connectivity index (χ2v) is 7.11. The first-order valence-corrected chi connectivity index (χ1v) is 9.43. The maximum absolute atomic E-state index is 12.6. The molecule has 8 nitrogen and oxygen atoms in total. The number of carboxylic acid groups (broad SMARTS) is 1. The van der Waals surface area contributed by atoms with Crippen LogP contribution in [-0.2, 0) is 16.1 Å². The van der Waals surface area contributed by atoms with Crippen molar-refractivity contribution in [3.63, 3.8) is 0 Å². The molecular weight excluding hydrogens is 464 g/mol. The van der Waals surface area contributed by atoms with Crippen LogP contribution in [0.1, 0.15) is 12.5 Å². The molecule has 0 bridgehead atoms. The van der Waals surface area contributed by atoms with Gasteiger partial charge in [0, 0.05) is 38.3 Å². The molecule has 1 saturated heterocycles. The van der Waals surface area contributed by atoms with Crippen molar-refractivity contribution in [2.24, 2.45) is 0 Å². The Morgan fingerprint density at radius 1 is 1.12 bits per heavy atom. The van der Waals surface area contributed by atoms with Gasteiger partial charge in [-0.25, -0.2) is 14.4 Å². The van der Waals surface area contributed by atoms with E-state index < -0.39 is 36.6 Å². The number of carbonyl (C=O) groups is 2. The monoisotopic (exact) mass is 483 g/mol. The molecule has 0 radical (unpaired) electrons. The molecule has 14 heteroatoms. The highest BCUT2D eigenvalue weighted by atomic mass is 19.4. The molecule has 33 heavy (non-hydrogen) atoms. The predicted molar refractivity (Wildman–Crippen MR) is 99.7 cm³/mol. The molecule has 1 aromatic rings. The molecule has 0 unspecified atom stereocenters. The van der Waals surface area contributed by atoms with Crippen molar-refractivity contribution < 1.29 is 50.5 Å². The Morgan fingerprint density at radius 2 is 1.70 bits per heavy atom. The number of benzene rings is 1. The van der Waals surface area contributed by atoms with Gasteiger partial charge in [0.05, 0.1) is 6.57 Å². The van der Waals surface area contributed by atoms with Gasteiger partial charge in [-0.3, -0.25) is 4.90 Å². The number of hydrogen-bond donors (Lipinski definition) is 1. The first-order chi connectivity index (χ1) is 15.2. The molecule has 1 aromatic carbocycles. The predicted octanol–water partition coefficient (Wildman–Crippen LogP) is 3.84. The molecule has 1 aliphatic heterocycles. The lowest BCUT2D eigenvalue weighted by Gasteiger charge is -2.35. The summed E-state index contributed by atoms with van der Waals surface area (Å²) in [6.07, 6.45) is -18.7. The van der Waals surface area contributed by atoms with Crippen LogP contribution in [0.2, 0.25) is 0 Å². The third-order valence-corrected chi connectivity index (χ3v) is 4.67. The van der Waals surface area contributed by atoms with E-state index in [1.165, 1.54) is 19.1 Å². The molecule has 2 rings (SSSR count). The number of carbonyl (C=O) groups excluding carboxylic acids is 1. The third-order valence-electron chi connectivity index (χ3n) is 4.67. The SMILES string of the molecule is [C-]#[N+]c1ccc(CN2CCN(C(=O)OC(C(F)(F)F)C(F)(F)F)CC2)c(O[C@H](C)C(=O)O)c1. The van der Waals surface area contributed by atoms with Crippen molar-refractivity contribution in [2.75, 3.05) is 26.2 Å². The minimum atomic E-state index is -5.79. The summed E-state index contributed by atoms with van der Waals surface area (Å²) in [6.45, 7) is 8.35. The summed E-state index contributed by atoms with van der Waals surface area (Å²) in [6, 6.07) is 4.40. The van der Waals surface area contributed by atoms with Gasteiger partial charge in [-0.1, -0.05) is 12.1 Å². The van der Waals surface area contributed by atoms with Gasteiger partial charge in [-0.05, 0) is 13.0 Å². The number of alkyl halides is 6. The van der Waals surface area contributed by atoms with Crippen molar-refractivity contribution >= 4 is 17.7 Å². The van der Waals surface area contributed by atoms with Crippen LogP contribution < -0.4 is 4.74 Å². The van der Waals surface area contributed by atoms with E-state index in [4.69, 9.17) is 16.4 Å². The average molecular weight is 483 g/mol. The van der Waals surface area contributed by atoms with Gasteiger partial charge >= 0.3 is 24.4 Å². The van der Waals surface area contributed by atoms with E-state index in [0.717, 1.165) is 4.90 Å². The first kappa shape index (κ1) is 26.0. The number of hydrogen-bond acceptors (Lipinski definition) is 5. The fourth-order valence-corrected chi connectivity index (χ4v) is 2.92. The highest BCUT2D eigenvalue weighted by Gasteiger charge is 2.60. The highest BCUT2D eigenvalue weighted by Crippen LogP contribution is 2.36. The maximum Gasteiger partial charge on any atom is 0.434 e. The summed E-state index contributed by atoms with van der Waals surface area (Å²) >= 11 is 0. The van der Waals surface area contributed by atoms with Gasteiger partial charge in [0.1, 0.15) is 5.75 Å². The van der Waals surface area contributed by atoms with Crippen molar-refractivity contribution in [3.8, 4) is 5.75 Å². The lowest BCUT2D eigenvalue weighted by Crippen LogP contribution is -2.52. The van der Waals surface area contributed by atoms with Crippen LogP contribution in [0.25, 0.3) is 4.85 Å². The van der Waals surface area contributed by atoms with Crippen molar-refractivity contribution in [2.45, 2.75) is 38.0 Å². The Morgan fingerprint density at radius 3 is 2.18 bits per heavy atom. The highest BCUT2D eigenvalue weighted by molar-refractivity contribution is 5.72. The number of ether oxygens (including phenoxy) is 2. The van der Waals surface area contributed by atoms with E-state index in [1.807, 2.05) is 0 Å². The number of nitrogens with zero attached hydrogens (tertiary/aromatic N) is 3. The van der Waals surface area contributed by atoms with Crippen LogP contribution in [0.4, 0.5) is 36.8 Å². The molecule has 0 spiro atoms. The third kappa shape index (κ3) is 7.14. The van der Waals surface area contributed by atoms with Gasteiger partial charge in [-0.2, -0.15) is 26.3 Å². The Labute approximate surface area is 184 Å². The zero-order valence-corrected chi connectivity index (χ0v) is 17.1. The molecule has 182 valence electrons. The minimum absolute atomic E-state index is 0.0935. The fourth-order valence-electron chi connectivity index (χ4n) is 2.92. The van der Waals surface area contributed by atoms with Crippen molar-refractivity contribution in [1.29, 1.82) is 0 Å². The number of piperazine rings is 1. The normalized spacial score (nSPS) is 16.3. The summed E-state index contributed by atoms with van der Waals surface area (Å²) in [5.74, 6) is -1.07. The van der Waals surface area contributed by atoms with Gasteiger partial charge in [0.25, 0.3) is 6.10 Å². The maximum atomic E-state index is 12.6. The summed E-state index contributed by atoms with van der Waals surface area (Å²) in [7, 11) is 0. The molecule has 1 heterocycles. The van der Waals surface area contributed by atoms with Crippen LogP contribution in [0, 0.1) is 6.57 Å². The fraction of sp³-hybridized carbons (Fsp3) is 0.526. The van der Waals surface area contributed by atoms with Gasteiger partial charge in [-0.15, -0.1) is 0 Å². The smallest absolute Gasteiger partial charge is 0.434 e. The largest absolute Gasteiger partial charge is 0.480 e. The van der Waals surface area contributed by atoms with E-state index in [1.54, 1.807) is 11.0 Å². The molecule has 1 amide bonds. The number of rotatable bonds is 6. The second kappa shape index (κ2) is 10.2. The Hall–Kier alpha value is -3.21. The number of aliphatic carboxylic acids is 1. The number of amides is 1. The van der Waals surface area contributed by atoms with Gasteiger partial charge < -0.3 is 19.5 Å². The van der Waals surface area contributed by atoms with Crippen LogP contribution in [0.15, 0.2) is 18.2 Å². The standard InChI is InChI=1S/C19H19F6N3O5/c1-11(15(29)30)32-14-9-13(26-2)4-3-12(14)10-27-5-7-28(8-6-27)17(31)33-16(18(20,21)22)19(23,24)25/h3-4,9,11,16H,5-8,10H2,1H3,(H,29,30)/t11-/m1/s1. The molecular formula is C19H19F6N3O5. The summed E-state index contributed by atoms with van der Waals surface area (Å²) in [5.41, 5.74) is 0.725. The van der Waals surface area contributed by atoms with Crippen LogP contribution in [0.5, 0.6) is 5.75 Å². The summed E-state index contributed by atoms with van der Waals surface area (Å²) in [5, 5.41) is 9.04. The van der Waals surface area contributed by atoms with Gasteiger partial charge in [0.2, 0.25) is 0 Å². The Kier molecular flexibility index (Phi) is 8.02. The van der Waals surface area contributed by atoms with Crippen LogP contribution in [0.3, 0.4) is 0 Å². The first-order valence-electron chi connectivity index (χ1n) is 9.43. The van der Waals surface area contributed by atoms with Crippen LogP contribution >= 0.6 is 0 Å². The van der Waals surface area contributed by atoms with E-state index >= 15 is 0 Å². The number of carboxylic acids is 1. The topological polar surface area (TPSA) is 83.7 Å². The molecule has 0 saturated carbocycles. The minimum Gasteiger partial charge on any atom is -0.480 e. The van der Waals surface area contributed by atoms with E-state index in [-0.39, 0.29) is 44.2 Å². The molecule has 1 atom stereocenters.